The number of carbonyl (C=O) groups excluding carboxylic acids is 1. The van der Waals surface area contributed by atoms with Crippen molar-refractivity contribution in [3.8, 4) is 0 Å². The standard InChI is InChI=1S/C14H23N3O2S/c1-9-13(17-10(2)20-9)8-16-14(19)15-7-11-4-3-5-12(18)6-11/h11-12,18H,3-8H2,1-2H3,(H2,15,16,19). The molecule has 0 radical (unpaired) electrons. The highest BCUT2D eigenvalue weighted by atomic mass is 32.1. The summed E-state index contributed by atoms with van der Waals surface area (Å²) in [6.45, 7) is 5.09. The zero-order chi connectivity index (χ0) is 14.5. The Morgan fingerprint density at radius 2 is 2.20 bits per heavy atom. The first-order valence-electron chi connectivity index (χ1n) is 7.17. The van der Waals surface area contributed by atoms with Gasteiger partial charge in [-0.05, 0) is 39.0 Å². The molecule has 0 aromatic carbocycles. The number of hydrogen-bond donors (Lipinski definition) is 3. The summed E-state index contributed by atoms with van der Waals surface area (Å²) in [5.74, 6) is 0.396. The highest BCUT2D eigenvalue weighted by Crippen LogP contribution is 2.23. The van der Waals surface area contributed by atoms with E-state index in [2.05, 4.69) is 15.6 Å². The highest BCUT2D eigenvalue weighted by Gasteiger charge is 2.20. The first-order chi connectivity index (χ1) is 9.54. The van der Waals surface area contributed by atoms with Gasteiger partial charge in [0.15, 0.2) is 0 Å². The van der Waals surface area contributed by atoms with E-state index in [1.54, 1.807) is 11.3 Å². The molecule has 2 amide bonds. The number of aryl methyl sites for hydroxylation is 2. The number of aliphatic hydroxyl groups is 1. The lowest BCUT2D eigenvalue weighted by molar-refractivity contribution is 0.101. The number of carbonyl (C=O) groups is 1. The van der Waals surface area contributed by atoms with Crippen molar-refractivity contribution in [2.45, 2.75) is 52.2 Å². The average molecular weight is 297 g/mol. The number of nitrogens with zero attached hydrogens (tertiary/aromatic N) is 1. The van der Waals surface area contributed by atoms with E-state index in [0.717, 1.165) is 41.3 Å². The lowest BCUT2D eigenvalue weighted by Gasteiger charge is -2.25. The number of thiazole rings is 1. The van der Waals surface area contributed by atoms with Crippen LogP contribution in [0.1, 0.15) is 41.3 Å². The van der Waals surface area contributed by atoms with Crippen LogP contribution in [-0.2, 0) is 6.54 Å². The first kappa shape index (κ1) is 15.3. The number of hydrogen-bond acceptors (Lipinski definition) is 4. The third kappa shape index (κ3) is 4.45. The summed E-state index contributed by atoms with van der Waals surface area (Å²) in [5, 5.41) is 16.3. The van der Waals surface area contributed by atoms with E-state index in [9.17, 15) is 9.90 Å². The van der Waals surface area contributed by atoms with Crippen LogP contribution in [0.15, 0.2) is 0 Å². The minimum Gasteiger partial charge on any atom is -0.393 e. The fraction of sp³-hybridized carbons (Fsp3) is 0.714. The van der Waals surface area contributed by atoms with Gasteiger partial charge < -0.3 is 15.7 Å². The summed E-state index contributed by atoms with van der Waals surface area (Å²) in [4.78, 5) is 17.3. The molecule has 1 heterocycles. The first-order valence-corrected chi connectivity index (χ1v) is 7.99. The van der Waals surface area contributed by atoms with Crippen molar-refractivity contribution in [3.63, 3.8) is 0 Å². The third-order valence-corrected chi connectivity index (χ3v) is 4.65. The Morgan fingerprint density at radius 3 is 2.85 bits per heavy atom. The van der Waals surface area contributed by atoms with E-state index in [-0.39, 0.29) is 12.1 Å². The van der Waals surface area contributed by atoms with Gasteiger partial charge >= 0.3 is 6.03 Å². The summed E-state index contributed by atoms with van der Waals surface area (Å²) in [6.07, 6.45) is 3.63. The molecule has 3 N–H and O–H groups in total. The van der Waals surface area contributed by atoms with Crippen LogP contribution in [0.2, 0.25) is 0 Å². The molecule has 5 nitrogen and oxygen atoms in total. The van der Waals surface area contributed by atoms with Gasteiger partial charge in [0.05, 0.1) is 23.4 Å². The lowest BCUT2D eigenvalue weighted by atomic mass is 9.87. The molecular formula is C14H23N3O2S. The van der Waals surface area contributed by atoms with Gasteiger partial charge in [0, 0.05) is 11.4 Å². The van der Waals surface area contributed by atoms with Crippen LogP contribution in [0.5, 0.6) is 0 Å². The van der Waals surface area contributed by atoms with Crippen molar-refractivity contribution in [1.29, 1.82) is 0 Å². The third-order valence-electron chi connectivity index (χ3n) is 3.72. The van der Waals surface area contributed by atoms with Crippen molar-refractivity contribution in [3.05, 3.63) is 15.6 Å². The molecule has 2 atom stereocenters. The molecule has 0 bridgehead atoms. The van der Waals surface area contributed by atoms with Gasteiger partial charge in [0.2, 0.25) is 0 Å². The molecule has 6 heteroatoms. The Bertz CT molecular complexity index is 461. The molecule has 1 aliphatic rings. The summed E-state index contributed by atoms with van der Waals surface area (Å²) >= 11 is 1.65. The smallest absolute Gasteiger partial charge is 0.315 e. The molecule has 1 aromatic rings. The lowest BCUT2D eigenvalue weighted by Crippen LogP contribution is -2.39. The van der Waals surface area contributed by atoms with Crippen LogP contribution >= 0.6 is 11.3 Å². The Balaban J connectivity index is 1.69. The Hall–Kier alpha value is -1.14. The molecule has 112 valence electrons. The summed E-state index contributed by atoms with van der Waals surface area (Å²) in [7, 11) is 0. The van der Waals surface area contributed by atoms with Gasteiger partial charge in [-0.2, -0.15) is 0 Å². The van der Waals surface area contributed by atoms with Gasteiger partial charge in [-0.1, -0.05) is 6.42 Å². The summed E-state index contributed by atoms with van der Waals surface area (Å²) in [6, 6.07) is -0.157. The van der Waals surface area contributed by atoms with Crippen LogP contribution in [0.3, 0.4) is 0 Å². The number of nitrogens with one attached hydrogen (secondary N) is 2. The van der Waals surface area contributed by atoms with Gasteiger partial charge in [-0.15, -0.1) is 11.3 Å². The summed E-state index contributed by atoms with van der Waals surface area (Å²) < 4.78 is 0. The molecule has 1 saturated carbocycles. The van der Waals surface area contributed by atoms with E-state index in [4.69, 9.17) is 0 Å². The molecule has 0 aliphatic heterocycles. The topological polar surface area (TPSA) is 74.2 Å². The van der Waals surface area contributed by atoms with Gasteiger partial charge in [0.1, 0.15) is 0 Å². The maximum atomic E-state index is 11.7. The van der Waals surface area contributed by atoms with Crippen molar-refractivity contribution >= 4 is 17.4 Å². The molecule has 1 fully saturated rings. The minimum atomic E-state index is -0.195. The van der Waals surface area contributed by atoms with Crippen molar-refractivity contribution < 1.29 is 9.90 Å². The second-order valence-electron chi connectivity index (χ2n) is 5.49. The van der Waals surface area contributed by atoms with Crippen LogP contribution in [0.4, 0.5) is 4.79 Å². The minimum absolute atomic E-state index is 0.157. The average Bonchev–Trinajstić information content (AvgIpc) is 2.72. The Labute approximate surface area is 123 Å². The molecule has 20 heavy (non-hydrogen) atoms. The molecule has 0 spiro atoms. The maximum Gasteiger partial charge on any atom is 0.315 e. The maximum absolute atomic E-state index is 11.7. The monoisotopic (exact) mass is 297 g/mol. The van der Waals surface area contributed by atoms with Crippen molar-refractivity contribution in [2.75, 3.05) is 6.54 Å². The predicted octanol–water partition coefficient (Wildman–Crippen LogP) is 2.11. The normalized spacial score (nSPS) is 22.6. The molecule has 2 rings (SSSR count). The van der Waals surface area contributed by atoms with Crippen LogP contribution < -0.4 is 10.6 Å². The highest BCUT2D eigenvalue weighted by molar-refractivity contribution is 7.11. The number of amides is 2. The number of rotatable bonds is 4. The van der Waals surface area contributed by atoms with Crippen LogP contribution in [-0.4, -0.2) is 28.8 Å². The largest absolute Gasteiger partial charge is 0.393 e. The molecule has 2 unspecified atom stereocenters. The fourth-order valence-electron chi connectivity index (χ4n) is 2.65. The quantitative estimate of drug-likeness (QED) is 0.797. The predicted molar refractivity (Wildman–Crippen MR) is 79.8 cm³/mol. The van der Waals surface area contributed by atoms with Crippen LogP contribution in [0.25, 0.3) is 0 Å². The zero-order valence-corrected chi connectivity index (χ0v) is 12.9. The molecular weight excluding hydrogens is 274 g/mol. The van der Waals surface area contributed by atoms with Crippen molar-refractivity contribution in [1.82, 2.24) is 15.6 Å². The van der Waals surface area contributed by atoms with Crippen molar-refractivity contribution in [2.24, 2.45) is 5.92 Å². The second-order valence-corrected chi connectivity index (χ2v) is 6.89. The van der Waals surface area contributed by atoms with E-state index in [1.165, 1.54) is 0 Å². The number of aromatic nitrogens is 1. The fourth-order valence-corrected chi connectivity index (χ4v) is 3.48. The molecule has 0 saturated heterocycles. The SMILES string of the molecule is Cc1nc(CNC(=O)NCC2CCCC(O)C2)c(C)s1. The molecule has 1 aliphatic carbocycles. The summed E-state index contributed by atoms with van der Waals surface area (Å²) in [5.41, 5.74) is 0.940. The van der Waals surface area contributed by atoms with E-state index >= 15 is 0 Å². The van der Waals surface area contributed by atoms with E-state index in [0.29, 0.717) is 19.0 Å². The van der Waals surface area contributed by atoms with Gasteiger partial charge in [0.25, 0.3) is 0 Å². The van der Waals surface area contributed by atoms with Gasteiger partial charge in [-0.3, -0.25) is 0 Å². The number of aliphatic hydroxyl groups excluding tert-OH is 1. The van der Waals surface area contributed by atoms with Gasteiger partial charge in [-0.25, -0.2) is 9.78 Å². The second kappa shape index (κ2) is 7.04. The Morgan fingerprint density at radius 1 is 1.40 bits per heavy atom. The zero-order valence-electron chi connectivity index (χ0n) is 12.1. The van der Waals surface area contributed by atoms with E-state index in [1.807, 2.05) is 13.8 Å². The Kier molecular flexibility index (Phi) is 5.37. The van der Waals surface area contributed by atoms with Crippen LogP contribution in [0, 0.1) is 19.8 Å². The molecule has 1 aromatic heterocycles. The van der Waals surface area contributed by atoms with E-state index < -0.39 is 0 Å². The number of urea groups is 1.